The molecule has 0 radical (unpaired) electrons. The van der Waals surface area contributed by atoms with Gasteiger partial charge in [-0.3, -0.25) is 4.85 Å². The molecule has 0 amide bonds. The summed E-state index contributed by atoms with van der Waals surface area (Å²) in [6.45, 7) is 8.09. The fraction of sp³-hybridized carbons (Fsp3) is 0.300. The van der Waals surface area contributed by atoms with Crippen molar-refractivity contribution in [2.75, 3.05) is 18.6 Å². The van der Waals surface area contributed by atoms with Crippen molar-refractivity contribution in [3.63, 3.8) is 0 Å². The molecule has 1 rings (SSSR count). The van der Waals surface area contributed by atoms with Crippen LogP contribution in [0, 0.1) is 25.1 Å². The molecule has 0 aliphatic heterocycles. The Morgan fingerprint density at radius 1 is 1.36 bits per heavy atom. The van der Waals surface area contributed by atoms with Crippen LogP contribution in [0.2, 0.25) is 0 Å². The van der Waals surface area contributed by atoms with Crippen molar-refractivity contribution in [3.8, 4) is 0 Å². The zero-order chi connectivity index (χ0) is 10.7. The fourth-order valence-electron chi connectivity index (χ4n) is 1.04. The maximum Gasteiger partial charge on any atom is 0.289 e. The molecule has 0 aliphatic rings. The lowest BCUT2D eigenvalue weighted by Gasteiger charge is -2.13. The first-order chi connectivity index (χ1) is 6.56. The van der Waals surface area contributed by atoms with Crippen LogP contribution in [-0.2, 0) is 0 Å². The van der Waals surface area contributed by atoms with Gasteiger partial charge in [0.1, 0.15) is 11.6 Å². The van der Waals surface area contributed by atoms with Gasteiger partial charge in [-0.2, -0.15) is 0 Å². The van der Waals surface area contributed by atoms with Crippen LogP contribution in [0.25, 0.3) is 4.85 Å². The third kappa shape index (κ3) is 1.99. The van der Waals surface area contributed by atoms with Crippen molar-refractivity contribution in [2.24, 2.45) is 0 Å². The van der Waals surface area contributed by atoms with Gasteiger partial charge in [-0.1, -0.05) is 0 Å². The minimum Gasteiger partial charge on any atom is -0.309 e. The molecule has 0 atom stereocenters. The Hall–Kier alpha value is -1.63. The minimum absolute atomic E-state index is 0.00459. The molecule has 0 saturated heterocycles. The molecule has 14 heavy (non-hydrogen) atoms. The molecule has 4 heteroatoms. The molecule has 0 heterocycles. The van der Waals surface area contributed by atoms with Crippen molar-refractivity contribution in [1.82, 2.24) is 0 Å². The Labute approximate surface area is 81.6 Å². The van der Waals surface area contributed by atoms with E-state index < -0.39 is 11.6 Å². The summed E-state index contributed by atoms with van der Waals surface area (Å²) in [5.74, 6) is -1.17. The Balaban J connectivity index is 3.07. The predicted molar refractivity (Wildman–Crippen MR) is 51.0 cm³/mol. The molecule has 1 aromatic rings. The topological polar surface area (TPSA) is 7.60 Å². The summed E-state index contributed by atoms with van der Waals surface area (Å²) in [5, 5.41) is 0. The SMILES string of the molecule is [C-]#[N+]CN(C)c1cc(F)c(C)c(F)c1. The lowest BCUT2D eigenvalue weighted by molar-refractivity contribution is 0.568. The quantitative estimate of drug-likeness (QED) is 0.660. The van der Waals surface area contributed by atoms with Crippen molar-refractivity contribution >= 4 is 5.69 Å². The molecule has 0 aliphatic carbocycles. The number of hydrogen-bond donors (Lipinski definition) is 0. The Morgan fingerprint density at radius 2 is 1.86 bits per heavy atom. The number of benzene rings is 1. The van der Waals surface area contributed by atoms with E-state index in [1.165, 1.54) is 24.0 Å². The second kappa shape index (κ2) is 4.05. The highest BCUT2D eigenvalue weighted by Gasteiger charge is 2.10. The first-order valence-electron chi connectivity index (χ1n) is 4.06. The summed E-state index contributed by atoms with van der Waals surface area (Å²) in [6, 6.07) is 2.45. The van der Waals surface area contributed by atoms with Crippen LogP contribution in [0.15, 0.2) is 12.1 Å². The summed E-state index contributed by atoms with van der Waals surface area (Å²) < 4.78 is 26.2. The number of halogens is 2. The van der Waals surface area contributed by atoms with Gasteiger partial charge in [-0.25, -0.2) is 15.4 Å². The number of anilines is 1. The van der Waals surface area contributed by atoms with E-state index in [0.29, 0.717) is 5.69 Å². The van der Waals surface area contributed by atoms with E-state index in [2.05, 4.69) is 4.85 Å². The average molecular weight is 196 g/mol. The predicted octanol–water partition coefficient (Wildman–Crippen LogP) is 2.59. The van der Waals surface area contributed by atoms with Crippen LogP contribution in [0.1, 0.15) is 5.56 Å². The zero-order valence-corrected chi connectivity index (χ0v) is 8.01. The Kier molecular flexibility index (Phi) is 3.03. The van der Waals surface area contributed by atoms with E-state index >= 15 is 0 Å². The van der Waals surface area contributed by atoms with Crippen molar-refractivity contribution in [1.29, 1.82) is 0 Å². The number of nitrogens with zero attached hydrogens (tertiary/aromatic N) is 2. The number of hydrogen-bond acceptors (Lipinski definition) is 1. The van der Waals surface area contributed by atoms with E-state index in [9.17, 15) is 8.78 Å². The highest BCUT2D eigenvalue weighted by Crippen LogP contribution is 2.20. The first kappa shape index (κ1) is 10.5. The van der Waals surface area contributed by atoms with Gasteiger partial charge in [0, 0.05) is 18.3 Å². The summed E-state index contributed by atoms with van der Waals surface area (Å²) in [7, 11) is 1.61. The molecule has 0 unspecified atom stereocenters. The van der Waals surface area contributed by atoms with Crippen molar-refractivity contribution in [2.45, 2.75) is 6.92 Å². The summed E-state index contributed by atoms with van der Waals surface area (Å²) >= 11 is 0. The van der Waals surface area contributed by atoms with Gasteiger partial charge in [0.2, 0.25) is 0 Å². The summed E-state index contributed by atoms with van der Waals surface area (Å²) in [6.07, 6.45) is 0. The highest BCUT2D eigenvalue weighted by atomic mass is 19.1. The lowest BCUT2D eigenvalue weighted by Crippen LogP contribution is -2.16. The van der Waals surface area contributed by atoms with Crippen LogP contribution in [0.4, 0.5) is 14.5 Å². The maximum atomic E-state index is 13.1. The Bertz CT molecular complexity index is 359. The van der Waals surface area contributed by atoms with Gasteiger partial charge in [0.25, 0.3) is 6.67 Å². The normalized spacial score (nSPS) is 9.64. The van der Waals surface area contributed by atoms with Crippen molar-refractivity contribution in [3.05, 3.63) is 40.7 Å². The second-order valence-corrected chi connectivity index (χ2v) is 3.03. The van der Waals surface area contributed by atoms with E-state index in [1.54, 1.807) is 7.05 Å². The van der Waals surface area contributed by atoms with Crippen LogP contribution in [0.5, 0.6) is 0 Å². The summed E-state index contributed by atoms with van der Waals surface area (Å²) in [5.41, 5.74) is 0.381. The molecular weight excluding hydrogens is 186 g/mol. The second-order valence-electron chi connectivity index (χ2n) is 3.03. The largest absolute Gasteiger partial charge is 0.309 e. The molecule has 2 nitrogen and oxygen atoms in total. The third-order valence-electron chi connectivity index (χ3n) is 1.99. The van der Waals surface area contributed by atoms with Gasteiger partial charge in [-0.15, -0.1) is 0 Å². The molecule has 74 valence electrons. The molecule has 0 aromatic heterocycles. The average Bonchev–Trinajstić information content (AvgIpc) is 2.13. The molecule has 0 fully saturated rings. The van der Waals surface area contributed by atoms with Crippen LogP contribution in [0.3, 0.4) is 0 Å². The van der Waals surface area contributed by atoms with Gasteiger partial charge in [-0.05, 0) is 19.1 Å². The summed E-state index contributed by atoms with van der Waals surface area (Å²) in [4.78, 5) is 4.61. The third-order valence-corrected chi connectivity index (χ3v) is 1.99. The first-order valence-corrected chi connectivity index (χ1v) is 4.06. The molecule has 0 saturated carbocycles. The van der Waals surface area contributed by atoms with Crippen LogP contribution >= 0.6 is 0 Å². The van der Waals surface area contributed by atoms with E-state index in [4.69, 9.17) is 6.57 Å². The molecular formula is C10H10F2N2. The van der Waals surface area contributed by atoms with E-state index in [1.807, 2.05) is 0 Å². The van der Waals surface area contributed by atoms with Crippen molar-refractivity contribution < 1.29 is 8.78 Å². The molecule has 0 spiro atoms. The van der Waals surface area contributed by atoms with Crippen LogP contribution in [-0.4, -0.2) is 13.7 Å². The van der Waals surface area contributed by atoms with Crippen LogP contribution < -0.4 is 4.90 Å². The minimum atomic E-state index is -0.586. The maximum absolute atomic E-state index is 13.1. The zero-order valence-electron chi connectivity index (χ0n) is 8.01. The van der Waals surface area contributed by atoms with E-state index in [-0.39, 0.29) is 12.2 Å². The highest BCUT2D eigenvalue weighted by molar-refractivity contribution is 5.48. The standard InChI is InChI=1S/C10H10F2N2/c1-7-9(11)4-8(5-10(7)12)14(3)6-13-2/h4-5H,6H2,1,3H3. The molecule has 0 N–H and O–H groups in total. The monoisotopic (exact) mass is 196 g/mol. The molecule has 0 bridgehead atoms. The van der Waals surface area contributed by atoms with Gasteiger partial charge < -0.3 is 4.90 Å². The van der Waals surface area contributed by atoms with Gasteiger partial charge in [0.05, 0.1) is 0 Å². The lowest BCUT2D eigenvalue weighted by atomic mass is 10.2. The smallest absolute Gasteiger partial charge is 0.289 e. The molecule has 1 aromatic carbocycles. The van der Waals surface area contributed by atoms with Gasteiger partial charge in [0.15, 0.2) is 0 Å². The number of rotatable bonds is 2. The van der Waals surface area contributed by atoms with E-state index in [0.717, 1.165) is 0 Å². The Morgan fingerprint density at radius 3 is 2.29 bits per heavy atom. The fourth-order valence-corrected chi connectivity index (χ4v) is 1.04. The van der Waals surface area contributed by atoms with Gasteiger partial charge >= 0.3 is 0 Å².